The largest absolute Gasteiger partial charge is 0.366 e. The average molecular weight is 535 g/mol. The van der Waals surface area contributed by atoms with Crippen LogP contribution in [0.25, 0.3) is 27.1 Å². The van der Waals surface area contributed by atoms with E-state index in [2.05, 4.69) is 144 Å². The number of para-hydroxylation sites is 4. The molecule has 8 rings (SSSR count). The van der Waals surface area contributed by atoms with E-state index in [0.29, 0.717) is 17.4 Å². The lowest BCUT2D eigenvalue weighted by molar-refractivity contribution is 0.559. The molecule has 40 heavy (non-hydrogen) atoms. The molecule has 2 nitrogen and oxygen atoms in total. The fraction of sp³-hybridized carbons (Fsp3) is 0.189. The zero-order valence-corrected chi connectivity index (χ0v) is 24.1. The third-order valence-corrected chi connectivity index (χ3v) is 14.0. The molecule has 1 aliphatic heterocycles. The number of benzene rings is 5. The molecule has 1 fully saturated rings. The topological polar surface area (TPSA) is 15.3 Å². The Morgan fingerprint density at radius 3 is 1.93 bits per heavy atom. The lowest BCUT2D eigenvalue weighted by Gasteiger charge is -2.48. The molecule has 5 aromatic carbocycles. The first-order chi connectivity index (χ1) is 19.6. The lowest BCUT2D eigenvalue weighted by atomic mass is 9.78. The van der Waals surface area contributed by atoms with Crippen molar-refractivity contribution >= 4 is 58.1 Å². The molecular weight excluding hydrogens is 501 g/mol. The van der Waals surface area contributed by atoms with Gasteiger partial charge < -0.3 is 9.88 Å². The third kappa shape index (κ3) is 3.47. The van der Waals surface area contributed by atoms with Gasteiger partial charge in [-0.15, -0.1) is 0 Å². The van der Waals surface area contributed by atoms with Gasteiger partial charge in [0.15, 0.2) is 8.24 Å². The first-order valence-electron chi connectivity index (χ1n) is 14.7. The Hall–Kier alpha value is -4.08. The second kappa shape index (κ2) is 8.97. The van der Waals surface area contributed by atoms with Crippen LogP contribution in [0.2, 0.25) is 18.6 Å². The lowest BCUT2D eigenvalue weighted by Crippen LogP contribution is -2.52. The number of nitrogens with one attached hydrogen (secondary N) is 1. The Balaban J connectivity index is 1.24. The maximum atomic E-state index is 3.71. The molecule has 3 atom stereocenters. The van der Waals surface area contributed by atoms with Crippen LogP contribution in [-0.2, 0) is 0 Å². The minimum absolute atomic E-state index is 0.546. The Bertz CT molecular complexity index is 1750. The van der Waals surface area contributed by atoms with Gasteiger partial charge in [0.25, 0.3) is 0 Å². The quantitative estimate of drug-likeness (QED) is 0.183. The Morgan fingerprint density at radius 2 is 1.27 bits per heavy atom. The molecule has 1 N–H and O–H groups in total. The average Bonchev–Trinajstić information content (AvgIpc) is 3.44. The van der Waals surface area contributed by atoms with E-state index >= 15 is 0 Å². The van der Waals surface area contributed by atoms with Gasteiger partial charge in [-0.1, -0.05) is 104 Å². The highest BCUT2D eigenvalue weighted by Crippen LogP contribution is 2.58. The monoisotopic (exact) mass is 534 g/mol. The van der Waals surface area contributed by atoms with Crippen molar-refractivity contribution in [2.75, 3.05) is 9.88 Å². The molecule has 0 spiro atoms. The molecule has 0 amide bonds. The van der Waals surface area contributed by atoms with Gasteiger partial charge in [0.2, 0.25) is 0 Å². The standard InChI is InChI=1S/C37H34N2Si/c1-40(2,39-34-20-9-7-18-32(34)38-33-19-8-10-21-35(33)39)36-23-22-29-30(36)16-11-17-31(29)37-27-14-5-3-12-25(27)24-26-13-4-6-15-28(26)37/h3-21,24,29-30,36,38H,22-23H2,1-2H3/t29-,30-,36?/m0/s1. The summed E-state index contributed by atoms with van der Waals surface area (Å²) in [7, 11) is -2.00. The number of hydrogen-bond acceptors (Lipinski definition) is 2. The summed E-state index contributed by atoms with van der Waals surface area (Å²) in [5, 5.41) is 9.14. The first-order valence-corrected chi connectivity index (χ1v) is 17.7. The number of allylic oxidation sites excluding steroid dienone is 4. The molecule has 5 aromatic rings. The van der Waals surface area contributed by atoms with Gasteiger partial charge in [0, 0.05) is 0 Å². The van der Waals surface area contributed by atoms with Gasteiger partial charge in [0.1, 0.15) is 0 Å². The van der Waals surface area contributed by atoms with E-state index in [-0.39, 0.29) is 0 Å². The molecule has 1 saturated carbocycles. The molecule has 3 heteroatoms. The molecule has 2 aliphatic carbocycles. The van der Waals surface area contributed by atoms with Gasteiger partial charge >= 0.3 is 0 Å². The molecule has 196 valence electrons. The van der Waals surface area contributed by atoms with Crippen LogP contribution in [0.1, 0.15) is 18.4 Å². The summed E-state index contributed by atoms with van der Waals surface area (Å²) in [5.74, 6) is 1.10. The number of nitrogens with zero attached hydrogens (tertiary/aromatic N) is 1. The van der Waals surface area contributed by atoms with Gasteiger partial charge in [-0.3, -0.25) is 0 Å². The van der Waals surface area contributed by atoms with Crippen molar-refractivity contribution in [2.45, 2.75) is 31.5 Å². The summed E-state index contributed by atoms with van der Waals surface area (Å²) in [4.78, 5) is 0. The van der Waals surface area contributed by atoms with Crippen LogP contribution in [0.3, 0.4) is 0 Å². The van der Waals surface area contributed by atoms with Crippen LogP contribution in [0.15, 0.2) is 121 Å². The molecule has 0 aromatic heterocycles. The zero-order chi connectivity index (χ0) is 26.8. The SMILES string of the molecule is C[Si](C)(C1CC[C@@H]2C(c3c4ccccc4cc4ccccc34)=CC=C[C@H]12)N1c2ccccc2Nc2ccccc21. The molecule has 0 radical (unpaired) electrons. The van der Waals surface area contributed by atoms with Crippen LogP contribution in [0.4, 0.5) is 22.7 Å². The third-order valence-electron chi connectivity index (χ3n) is 9.83. The number of anilines is 4. The summed E-state index contributed by atoms with van der Waals surface area (Å²) < 4.78 is 2.76. The van der Waals surface area contributed by atoms with Crippen molar-refractivity contribution in [3.05, 3.63) is 127 Å². The Labute approximate surface area is 237 Å². The van der Waals surface area contributed by atoms with Crippen LogP contribution in [0, 0.1) is 11.8 Å². The Kier molecular flexibility index (Phi) is 5.33. The van der Waals surface area contributed by atoms with Crippen LogP contribution < -0.4 is 9.88 Å². The molecule has 0 saturated heterocycles. The number of fused-ring (bicyclic) bond motifs is 5. The van der Waals surface area contributed by atoms with Gasteiger partial charge in [-0.2, -0.15) is 0 Å². The first kappa shape index (κ1) is 23.8. The van der Waals surface area contributed by atoms with E-state index < -0.39 is 8.24 Å². The minimum atomic E-state index is -2.00. The van der Waals surface area contributed by atoms with E-state index in [1.165, 1.54) is 68.3 Å². The van der Waals surface area contributed by atoms with Crippen molar-refractivity contribution < 1.29 is 0 Å². The van der Waals surface area contributed by atoms with E-state index in [0.717, 1.165) is 0 Å². The summed E-state index contributed by atoms with van der Waals surface area (Å²) in [6.07, 6.45) is 9.87. The van der Waals surface area contributed by atoms with E-state index in [9.17, 15) is 0 Å². The maximum absolute atomic E-state index is 3.71. The molecule has 1 unspecified atom stereocenters. The second-order valence-electron chi connectivity index (χ2n) is 12.2. The molecular formula is C37H34N2Si. The summed E-state index contributed by atoms with van der Waals surface area (Å²) in [6, 6.07) is 38.0. The predicted octanol–water partition coefficient (Wildman–Crippen LogP) is 10.4. The molecule has 1 heterocycles. The second-order valence-corrected chi connectivity index (χ2v) is 16.7. The summed E-state index contributed by atoms with van der Waals surface area (Å²) in [5.41, 5.74) is 8.74. The van der Waals surface area contributed by atoms with Crippen molar-refractivity contribution in [3.8, 4) is 0 Å². The number of rotatable bonds is 3. The fourth-order valence-electron chi connectivity index (χ4n) is 8.09. The van der Waals surface area contributed by atoms with Crippen molar-refractivity contribution in [1.29, 1.82) is 0 Å². The smallest absolute Gasteiger partial charge is 0.160 e. The van der Waals surface area contributed by atoms with Crippen molar-refractivity contribution in [3.63, 3.8) is 0 Å². The zero-order valence-electron chi connectivity index (χ0n) is 23.1. The summed E-state index contributed by atoms with van der Waals surface area (Å²) >= 11 is 0. The highest BCUT2D eigenvalue weighted by Gasteiger charge is 2.50. The predicted molar refractivity (Wildman–Crippen MR) is 174 cm³/mol. The van der Waals surface area contributed by atoms with Gasteiger partial charge in [-0.05, 0) is 93.2 Å². The normalized spacial score (nSPS) is 21.5. The maximum Gasteiger partial charge on any atom is 0.160 e. The van der Waals surface area contributed by atoms with Crippen LogP contribution in [0.5, 0.6) is 0 Å². The van der Waals surface area contributed by atoms with Gasteiger partial charge in [0.05, 0.1) is 22.7 Å². The van der Waals surface area contributed by atoms with Crippen LogP contribution >= 0.6 is 0 Å². The fourth-order valence-corrected chi connectivity index (χ4v) is 12.2. The van der Waals surface area contributed by atoms with Crippen molar-refractivity contribution in [2.24, 2.45) is 11.8 Å². The number of hydrogen-bond donors (Lipinski definition) is 1. The summed E-state index contributed by atoms with van der Waals surface area (Å²) in [6.45, 7) is 5.22. The highest BCUT2D eigenvalue weighted by atomic mass is 28.3. The minimum Gasteiger partial charge on any atom is -0.366 e. The molecule has 0 bridgehead atoms. The van der Waals surface area contributed by atoms with E-state index in [1.54, 1.807) is 0 Å². The van der Waals surface area contributed by atoms with E-state index in [4.69, 9.17) is 0 Å². The molecule has 3 aliphatic rings. The van der Waals surface area contributed by atoms with Gasteiger partial charge in [-0.25, -0.2) is 0 Å². The highest BCUT2D eigenvalue weighted by molar-refractivity contribution is 6.84. The van der Waals surface area contributed by atoms with Crippen LogP contribution in [-0.4, -0.2) is 8.24 Å². The van der Waals surface area contributed by atoms with Crippen molar-refractivity contribution in [1.82, 2.24) is 0 Å². The Morgan fingerprint density at radius 1 is 0.700 bits per heavy atom. The van der Waals surface area contributed by atoms with E-state index in [1.807, 2.05) is 0 Å².